The molecule has 1 saturated carbocycles. The molecule has 100 valence electrons. The quantitative estimate of drug-likeness (QED) is 0.881. The van der Waals surface area contributed by atoms with Crippen molar-refractivity contribution in [2.24, 2.45) is 5.92 Å². The van der Waals surface area contributed by atoms with E-state index in [4.69, 9.17) is 0 Å². The molecule has 2 heterocycles. The summed E-state index contributed by atoms with van der Waals surface area (Å²) in [6.07, 6.45) is 7.91. The number of nitrogens with zero attached hydrogens (tertiary/aromatic N) is 3. The molecule has 0 unspecified atom stereocenters. The number of hydrogen-bond acceptors (Lipinski definition) is 5. The summed E-state index contributed by atoms with van der Waals surface area (Å²) < 4.78 is 0. The Morgan fingerprint density at radius 3 is 2.89 bits per heavy atom. The minimum Gasteiger partial charge on any atom is -0.396 e. The third kappa shape index (κ3) is 2.66. The summed E-state index contributed by atoms with van der Waals surface area (Å²) in [4.78, 5) is 12.9. The van der Waals surface area contributed by atoms with Gasteiger partial charge in [-0.25, -0.2) is 9.97 Å². The minimum absolute atomic E-state index is 0.241. The van der Waals surface area contributed by atoms with Crippen molar-refractivity contribution < 1.29 is 5.11 Å². The number of hydrogen-bond donors (Lipinski definition) is 2. The molecule has 0 bridgehead atoms. The molecule has 1 aliphatic carbocycles. The van der Waals surface area contributed by atoms with Gasteiger partial charge in [-0.3, -0.25) is 4.98 Å². The van der Waals surface area contributed by atoms with Gasteiger partial charge in [0.15, 0.2) is 5.65 Å². The molecule has 2 aromatic rings. The lowest BCUT2D eigenvalue weighted by atomic mass is 9.85. The van der Waals surface area contributed by atoms with Crippen LogP contribution in [0.15, 0.2) is 24.5 Å². The van der Waals surface area contributed by atoms with Crippen LogP contribution in [0, 0.1) is 5.92 Å². The number of rotatable bonds is 3. The number of anilines is 1. The summed E-state index contributed by atoms with van der Waals surface area (Å²) >= 11 is 0. The van der Waals surface area contributed by atoms with Crippen molar-refractivity contribution in [3.63, 3.8) is 0 Å². The molecular formula is C14H18N4O. The lowest BCUT2D eigenvalue weighted by Crippen LogP contribution is -2.34. The molecule has 1 aliphatic rings. The van der Waals surface area contributed by atoms with E-state index in [1.54, 1.807) is 12.4 Å². The summed E-state index contributed by atoms with van der Waals surface area (Å²) in [6, 6.07) is 4.16. The van der Waals surface area contributed by atoms with Gasteiger partial charge >= 0.3 is 0 Å². The zero-order chi connectivity index (χ0) is 13.1. The molecule has 0 amide bonds. The van der Waals surface area contributed by atoms with Gasteiger partial charge in [0.1, 0.15) is 11.3 Å². The average molecular weight is 258 g/mol. The number of aliphatic hydroxyl groups excluding tert-OH is 1. The lowest BCUT2D eigenvalue weighted by Gasteiger charge is -2.31. The van der Waals surface area contributed by atoms with Crippen molar-refractivity contribution in [2.45, 2.75) is 31.7 Å². The van der Waals surface area contributed by atoms with Crippen LogP contribution in [-0.4, -0.2) is 32.7 Å². The van der Waals surface area contributed by atoms with E-state index in [2.05, 4.69) is 20.3 Å². The first kappa shape index (κ1) is 12.3. The van der Waals surface area contributed by atoms with Gasteiger partial charge in [-0.1, -0.05) is 12.8 Å². The van der Waals surface area contributed by atoms with Crippen LogP contribution in [0.5, 0.6) is 0 Å². The molecule has 5 nitrogen and oxygen atoms in total. The van der Waals surface area contributed by atoms with Gasteiger partial charge < -0.3 is 10.4 Å². The van der Waals surface area contributed by atoms with E-state index in [-0.39, 0.29) is 6.61 Å². The first-order chi connectivity index (χ1) is 9.36. The Kier molecular flexibility index (Phi) is 3.55. The van der Waals surface area contributed by atoms with Crippen LogP contribution in [0.1, 0.15) is 25.7 Å². The second-order valence-corrected chi connectivity index (χ2v) is 5.07. The molecule has 0 saturated heterocycles. The van der Waals surface area contributed by atoms with E-state index in [9.17, 15) is 5.11 Å². The van der Waals surface area contributed by atoms with Crippen LogP contribution >= 0.6 is 0 Å². The number of aromatic nitrogens is 3. The van der Waals surface area contributed by atoms with Crippen LogP contribution in [0.25, 0.3) is 11.2 Å². The van der Waals surface area contributed by atoms with Crippen molar-refractivity contribution in [3.8, 4) is 0 Å². The van der Waals surface area contributed by atoms with Crippen LogP contribution in [0.3, 0.4) is 0 Å². The van der Waals surface area contributed by atoms with Crippen LogP contribution in [-0.2, 0) is 0 Å². The third-order valence-corrected chi connectivity index (χ3v) is 3.81. The second kappa shape index (κ2) is 5.48. The maximum atomic E-state index is 9.43. The fourth-order valence-corrected chi connectivity index (χ4v) is 2.74. The topological polar surface area (TPSA) is 70.9 Å². The van der Waals surface area contributed by atoms with Crippen molar-refractivity contribution in [1.82, 2.24) is 15.0 Å². The molecule has 19 heavy (non-hydrogen) atoms. The van der Waals surface area contributed by atoms with Crippen LogP contribution < -0.4 is 5.32 Å². The van der Waals surface area contributed by atoms with Crippen molar-refractivity contribution in [3.05, 3.63) is 24.5 Å². The first-order valence-corrected chi connectivity index (χ1v) is 6.82. The molecule has 0 radical (unpaired) electrons. The van der Waals surface area contributed by atoms with Gasteiger partial charge in [0.2, 0.25) is 0 Å². The van der Waals surface area contributed by atoms with E-state index < -0.39 is 0 Å². The summed E-state index contributed by atoms with van der Waals surface area (Å²) in [5.74, 6) is 1.14. The predicted octanol–water partition coefficient (Wildman–Crippen LogP) is 1.99. The van der Waals surface area contributed by atoms with Crippen molar-refractivity contribution in [1.29, 1.82) is 0 Å². The molecule has 0 aromatic carbocycles. The van der Waals surface area contributed by atoms with Gasteiger partial charge in [-0.2, -0.15) is 0 Å². The molecule has 5 heteroatoms. The maximum absolute atomic E-state index is 9.43. The van der Waals surface area contributed by atoms with Gasteiger partial charge in [-0.05, 0) is 25.0 Å². The van der Waals surface area contributed by atoms with Gasteiger partial charge in [0, 0.05) is 31.0 Å². The minimum atomic E-state index is 0.241. The van der Waals surface area contributed by atoms with Crippen molar-refractivity contribution >= 4 is 17.0 Å². The highest BCUT2D eigenvalue weighted by atomic mass is 16.3. The lowest BCUT2D eigenvalue weighted by molar-refractivity contribution is 0.178. The van der Waals surface area contributed by atoms with Crippen molar-refractivity contribution in [2.75, 3.05) is 11.9 Å². The summed E-state index contributed by atoms with van der Waals surface area (Å²) in [7, 11) is 0. The molecule has 2 aromatic heterocycles. The monoisotopic (exact) mass is 258 g/mol. The number of aliphatic hydroxyl groups is 1. The van der Waals surface area contributed by atoms with Gasteiger partial charge in [0.05, 0.1) is 0 Å². The summed E-state index contributed by atoms with van der Waals surface area (Å²) in [6.45, 7) is 0.241. The number of fused-ring (bicyclic) bond motifs is 1. The molecular weight excluding hydrogens is 240 g/mol. The average Bonchev–Trinajstić information content (AvgIpc) is 2.48. The summed E-state index contributed by atoms with van der Waals surface area (Å²) in [5, 5.41) is 12.9. The van der Waals surface area contributed by atoms with Crippen LogP contribution in [0.2, 0.25) is 0 Å². The Morgan fingerprint density at radius 2 is 2.00 bits per heavy atom. The fourth-order valence-electron chi connectivity index (χ4n) is 2.74. The Bertz CT molecular complexity index is 560. The largest absolute Gasteiger partial charge is 0.396 e. The highest BCUT2D eigenvalue weighted by Crippen LogP contribution is 2.26. The highest BCUT2D eigenvalue weighted by molar-refractivity contribution is 5.71. The molecule has 2 N–H and O–H groups in total. The normalized spacial score (nSPS) is 23.4. The summed E-state index contributed by atoms with van der Waals surface area (Å²) in [5.41, 5.74) is 1.46. The molecule has 2 atom stereocenters. The zero-order valence-corrected chi connectivity index (χ0v) is 10.8. The molecule has 1 fully saturated rings. The van der Waals surface area contributed by atoms with Gasteiger partial charge in [0.25, 0.3) is 0 Å². The Balaban J connectivity index is 1.80. The Morgan fingerprint density at radius 1 is 1.16 bits per heavy atom. The first-order valence-electron chi connectivity index (χ1n) is 6.82. The van der Waals surface area contributed by atoms with E-state index in [0.29, 0.717) is 17.6 Å². The number of pyridine rings is 1. The van der Waals surface area contributed by atoms with E-state index in [0.717, 1.165) is 24.2 Å². The van der Waals surface area contributed by atoms with E-state index >= 15 is 0 Å². The Labute approximate surface area is 112 Å². The zero-order valence-electron chi connectivity index (χ0n) is 10.8. The van der Waals surface area contributed by atoms with E-state index in [1.807, 2.05) is 12.1 Å². The van der Waals surface area contributed by atoms with E-state index in [1.165, 1.54) is 12.8 Å². The Hall–Kier alpha value is -1.75. The highest BCUT2D eigenvalue weighted by Gasteiger charge is 2.24. The van der Waals surface area contributed by atoms with Crippen LogP contribution in [0.4, 0.5) is 5.82 Å². The maximum Gasteiger partial charge on any atom is 0.180 e. The third-order valence-electron chi connectivity index (χ3n) is 3.81. The molecule has 3 rings (SSSR count). The smallest absolute Gasteiger partial charge is 0.180 e. The number of nitrogens with one attached hydrogen (secondary N) is 1. The second-order valence-electron chi connectivity index (χ2n) is 5.07. The molecule has 0 spiro atoms. The fraction of sp³-hybridized carbons (Fsp3) is 0.500. The predicted molar refractivity (Wildman–Crippen MR) is 73.8 cm³/mol. The SMILES string of the molecule is OC[C@H]1CCCC[C@@H]1Nc1ccc2nccnc2n1. The van der Waals surface area contributed by atoms with Gasteiger partial charge in [-0.15, -0.1) is 0 Å². The standard InChI is InChI=1S/C14H18N4O/c19-9-10-3-1-2-4-11(10)17-13-6-5-12-14(18-13)16-8-7-15-12/h5-8,10-11,19H,1-4,9H2,(H,16,17,18)/t10-,11+/m1/s1. The molecule has 0 aliphatic heterocycles.